The summed E-state index contributed by atoms with van der Waals surface area (Å²) in [5, 5.41) is 0. The van der Waals surface area contributed by atoms with Crippen LogP contribution < -0.4 is 0 Å². The first-order valence-electron chi connectivity index (χ1n) is 6.40. The van der Waals surface area contributed by atoms with Crippen molar-refractivity contribution in [2.75, 3.05) is 0 Å². The fraction of sp³-hybridized carbons (Fsp3) is 0.267. The second kappa shape index (κ2) is 4.46. The summed E-state index contributed by atoms with van der Waals surface area (Å²) in [5.41, 5.74) is 3.92. The zero-order chi connectivity index (χ0) is 13.4. The van der Waals surface area contributed by atoms with E-state index in [0.29, 0.717) is 11.6 Å². The molecule has 1 aromatic carbocycles. The van der Waals surface area contributed by atoms with Gasteiger partial charge in [0.05, 0.1) is 16.7 Å². The molecule has 2 aromatic heterocycles. The van der Waals surface area contributed by atoms with Gasteiger partial charge in [-0.05, 0) is 24.1 Å². The molecule has 0 saturated carbocycles. The summed E-state index contributed by atoms with van der Waals surface area (Å²) in [6.07, 6.45) is 0.871. The molecule has 0 aliphatic heterocycles. The highest BCUT2D eigenvalue weighted by Gasteiger charge is 2.12. The lowest BCUT2D eigenvalue weighted by Gasteiger charge is -2.09. The third kappa shape index (κ3) is 1.99. The fourth-order valence-corrected chi connectivity index (χ4v) is 2.29. The molecule has 0 amide bonds. The lowest BCUT2D eigenvalue weighted by Crippen LogP contribution is -2.08. The van der Waals surface area contributed by atoms with E-state index in [-0.39, 0.29) is 0 Å². The topological polar surface area (TPSA) is 47.8 Å². The summed E-state index contributed by atoms with van der Waals surface area (Å²) < 4.78 is 1.95. The van der Waals surface area contributed by atoms with Crippen LogP contribution in [0.5, 0.6) is 0 Å². The Bertz CT molecular complexity index is 759. The Labute approximate surface area is 111 Å². The highest BCUT2D eigenvalue weighted by atomic mass is 16.1. The van der Waals surface area contributed by atoms with E-state index in [9.17, 15) is 4.79 Å². The minimum absolute atomic E-state index is 0.447. The second-order valence-corrected chi connectivity index (χ2v) is 5.11. The van der Waals surface area contributed by atoms with Gasteiger partial charge >= 0.3 is 0 Å². The normalized spacial score (nSPS) is 11.5. The van der Waals surface area contributed by atoms with Gasteiger partial charge in [0.1, 0.15) is 5.52 Å². The van der Waals surface area contributed by atoms with Gasteiger partial charge < -0.3 is 4.57 Å². The molecule has 0 unspecified atom stereocenters. The Balaban J connectivity index is 2.32. The number of carbonyl (C=O) groups excluding carboxylic acids is 1. The average molecular weight is 253 g/mol. The first kappa shape index (κ1) is 11.8. The number of aromatic nitrogens is 3. The van der Waals surface area contributed by atoms with E-state index in [1.807, 2.05) is 34.9 Å². The number of benzene rings is 1. The van der Waals surface area contributed by atoms with Crippen LogP contribution in [0.15, 0.2) is 30.3 Å². The average Bonchev–Trinajstić information content (AvgIpc) is 2.73. The molecule has 4 nitrogen and oxygen atoms in total. The van der Waals surface area contributed by atoms with E-state index in [1.54, 1.807) is 0 Å². The molecule has 0 N–H and O–H groups in total. The van der Waals surface area contributed by atoms with E-state index in [2.05, 4.69) is 23.8 Å². The van der Waals surface area contributed by atoms with Crippen LogP contribution in [0, 0.1) is 5.92 Å². The van der Waals surface area contributed by atoms with Gasteiger partial charge in [-0.1, -0.05) is 26.0 Å². The summed E-state index contributed by atoms with van der Waals surface area (Å²) >= 11 is 0. The minimum Gasteiger partial charge on any atom is -0.321 e. The highest BCUT2D eigenvalue weighted by molar-refractivity contribution is 5.89. The summed E-state index contributed by atoms with van der Waals surface area (Å²) in [6, 6.07) is 9.56. The van der Waals surface area contributed by atoms with Crippen molar-refractivity contribution in [2.24, 2.45) is 5.92 Å². The molecule has 0 radical (unpaired) electrons. The van der Waals surface area contributed by atoms with Crippen molar-refractivity contribution in [3.63, 3.8) is 0 Å². The number of nitrogens with zero attached hydrogens (tertiary/aromatic N) is 3. The largest absolute Gasteiger partial charge is 0.321 e. The van der Waals surface area contributed by atoms with Crippen molar-refractivity contribution in [1.29, 1.82) is 0 Å². The Hall–Kier alpha value is -2.23. The number of hydrogen-bond acceptors (Lipinski definition) is 3. The molecule has 3 rings (SSSR count). The van der Waals surface area contributed by atoms with Crippen molar-refractivity contribution in [2.45, 2.75) is 20.4 Å². The van der Waals surface area contributed by atoms with E-state index in [0.717, 1.165) is 35.0 Å². The van der Waals surface area contributed by atoms with Crippen LogP contribution in [-0.2, 0) is 6.54 Å². The maximum atomic E-state index is 11.2. The summed E-state index contributed by atoms with van der Waals surface area (Å²) in [6.45, 7) is 5.01. The van der Waals surface area contributed by atoms with Gasteiger partial charge in [-0.15, -0.1) is 0 Å². The standard InChI is InChI=1S/C15H15N3O/c1-10(2)8-18-11(9-19)7-14-15(18)17-13-6-4-3-5-12(13)16-14/h3-7,9-10H,8H2,1-2H3. The third-order valence-electron chi connectivity index (χ3n) is 3.10. The first-order valence-corrected chi connectivity index (χ1v) is 6.40. The highest BCUT2D eigenvalue weighted by Crippen LogP contribution is 2.20. The summed E-state index contributed by atoms with van der Waals surface area (Å²) in [4.78, 5) is 20.4. The molecule has 0 saturated heterocycles. The molecular formula is C15H15N3O. The number of fused-ring (bicyclic) bond motifs is 2. The first-order chi connectivity index (χ1) is 9.19. The van der Waals surface area contributed by atoms with Gasteiger partial charge in [0, 0.05) is 6.54 Å². The molecule has 4 heteroatoms. The van der Waals surface area contributed by atoms with E-state index < -0.39 is 0 Å². The van der Waals surface area contributed by atoms with Gasteiger partial charge in [-0.3, -0.25) is 4.79 Å². The van der Waals surface area contributed by atoms with E-state index >= 15 is 0 Å². The Kier molecular flexibility index (Phi) is 2.78. The number of rotatable bonds is 3. The van der Waals surface area contributed by atoms with Gasteiger partial charge in [-0.2, -0.15) is 0 Å². The molecule has 2 heterocycles. The smallest absolute Gasteiger partial charge is 0.166 e. The number of hydrogen-bond donors (Lipinski definition) is 0. The van der Waals surface area contributed by atoms with Crippen LogP contribution in [0.25, 0.3) is 22.2 Å². The maximum Gasteiger partial charge on any atom is 0.166 e. The van der Waals surface area contributed by atoms with Crippen molar-refractivity contribution >= 4 is 28.5 Å². The van der Waals surface area contributed by atoms with Gasteiger partial charge in [0.15, 0.2) is 11.9 Å². The quantitative estimate of drug-likeness (QED) is 0.674. The molecule has 0 fully saturated rings. The molecule has 0 atom stereocenters. The Morgan fingerprint density at radius 1 is 1.16 bits per heavy atom. The molecule has 0 spiro atoms. The monoisotopic (exact) mass is 253 g/mol. The predicted molar refractivity (Wildman–Crippen MR) is 75.3 cm³/mol. The maximum absolute atomic E-state index is 11.2. The minimum atomic E-state index is 0.447. The predicted octanol–water partition coefficient (Wildman–Crippen LogP) is 3.05. The van der Waals surface area contributed by atoms with E-state index in [4.69, 9.17) is 0 Å². The number of carbonyl (C=O) groups is 1. The lowest BCUT2D eigenvalue weighted by atomic mass is 10.2. The van der Waals surface area contributed by atoms with Crippen LogP contribution in [0.3, 0.4) is 0 Å². The second-order valence-electron chi connectivity index (χ2n) is 5.11. The van der Waals surface area contributed by atoms with Crippen molar-refractivity contribution in [1.82, 2.24) is 14.5 Å². The van der Waals surface area contributed by atoms with Crippen molar-refractivity contribution in [3.8, 4) is 0 Å². The molecule has 0 bridgehead atoms. The number of para-hydroxylation sites is 2. The zero-order valence-corrected chi connectivity index (χ0v) is 11.0. The van der Waals surface area contributed by atoms with Crippen LogP contribution in [0.1, 0.15) is 24.3 Å². The molecule has 19 heavy (non-hydrogen) atoms. The lowest BCUT2D eigenvalue weighted by molar-refractivity contribution is 0.111. The van der Waals surface area contributed by atoms with Crippen LogP contribution in [-0.4, -0.2) is 20.8 Å². The third-order valence-corrected chi connectivity index (χ3v) is 3.10. The molecule has 3 aromatic rings. The Morgan fingerprint density at radius 2 is 1.84 bits per heavy atom. The van der Waals surface area contributed by atoms with Crippen molar-refractivity contribution < 1.29 is 4.79 Å². The van der Waals surface area contributed by atoms with Gasteiger partial charge in [-0.25, -0.2) is 9.97 Å². The summed E-state index contributed by atoms with van der Waals surface area (Å²) in [7, 11) is 0. The molecular weight excluding hydrogens is 238 g/mol. The SMILES string of the molecule is CC(C)Cn1c(C=O)cc2nc3ccccc3nc21. The molecule has 0 aliphatic carbocycles. The number of aldehydes is 1. The van der Waals surface area contributed by atoms with Crippen LogP contribution >= 0.6 is 0 Å². The van der Waals surface area contributed by atoms with Crippen LogP contribution in [0.4, 0.5) is 0 Å². The van der Waals surface area contributed by atoms with Crippen molar-refractivity contribution in [3.05, 3.63) is 36.0 Å². The van der Waals surface area contributed by atoms with Crippen LogP contribution in [0.2, 0.25) is 0 Å². The summed E-state index contributed by atoms with van der Waals surface area (Å²) in [5.74, 6) is 0.447. The van der Waals surface area contributed by atoms with E-state index in [1.165, 1.54) is 0 Å². The van der Waals surface area contributed by atoms with Gasteiger partial charge in [0.2, 0.25) is 0 Å². The van der Waals surface area contributed by atoms with Gasteiger partial charge in [0.25, 0.3) is 0 Å². The Morgan fingerprint density at radius 3 is 2.47 bits per heavy atom. The molecule has 96 valence electrons. The molecule has 0 aliphatic rings. The zero-order valence-electron chi connectivity index (χ0n) is 11.0. The fourth-order valence-electron chi connectivity index (χ4n) is 2.29.